The van der Waals surface area contributed by atoms with Gasteiger partial charge in [-0.15, -0.1) is 0 Å². The molecule has 2 aliphatic carbocycles. The number of carbonyl (C=O) groups is 2. The molecule has 2 aliphatic rings. The Bertz CT molecular complexity index is 1180. The Kier molecular flexibility index (Phi) is 8.86. The van der Waals surface area contributed by atoms with Gasteiger partial charge in [0.25, 0.3) is 5.91 Å². The van der Waals surface area contributed by atoms with E-state index in [4.69, 9.17) is 9.47 Å². The molecule has 0 saturated carbocycles. The number of methoxy groups -OCH3 is 1. The Balaban J connectivity index is 1.71. The standard InChI is InChI=1S/C32H39NO4/c1-5-21(3)33-32(35)26-14-10-13-24-15-22(6-2)16-25-17-31(37-20-23-11-8-7-9-12-23)30(36-4)19-28(25)27(24)18-29(26)34/h7-9,11-12,14,17-19,21-22,24H,5-6,10,13,15-16,20H2,1-4H3,(H,33,35). The van der Waals surface area contributed by atoms with E-state index < -0.39 is 0 Å². The summed E-state index contributed by atoms with van der Waals surface area (Å²) in [4.78, 5) is 26.3. The van der Waals surface area contributed by atoms with Gasteiger partial charge in [-0.3, -0.25) is 9.59 Å². The third-order valence-corrected chi connectivity index (χ3v) is 7.73. The highest BCUT2D eigenvalue weighted by molar-refractivity contribution is 6.25. The zero-order chi connectivity index (χ0) is 26.4. The molecule has 1 N–H and O–H groups in total. The maximum Gasteiger partial charge on any atom is 0.255 e. The van der Waals surface area contributed by atoms with Gasteiger partial charge in [0.15, 0.2) is 17.3 Å². The topological polar surface area (TPSA) is 64.6 Å². The van der Waals surface area contributed by atoms with Crippen LogP contribution in [0.1, 0.15) is 69.6 Å². The van der Waals surface area contributed by atoms with Gasteiger partial charge in [-0.25, -0.2) is 0 Å². The van der Waals surface area contributed by atoms with Crippen LogP contribution in [-0.2, 0) is 22.6 Å². The van der Waals surface area contributed by atoms with Crippen molar-refractivity contribution >= 4 is 17.3 Å². The second-order valence-electron chi connectivity index (χ2n) is 10.3. The largest absolute Gasteiger partial charge is 0.493 e. The SMILES string of the molecule is CCC1Cc2cc(OCc3ccccc3)c(OC)cc2C2=CC(=O)C(C(=O)NC(C)CC)=CCCC2C1. The molecule has 0 aromatic heterocycles. The maximum atomic E-state index is 13.4. The fourth-order valence-electron chi connectivity index (χ4n) is 5.33. The van der Waals surface area contributed by atoms with Crippen LogP contribution < -0.4 is 14.8 Å². The first-order valence-corrected chi connectivity index (χ1v) is 13.6. The van der Waals surface area contributed by atoms with Crippen LogP contribution in [0.15, 0.2) is 60.2 Å². The van der Waals surface area contributed by atoms with E-state index in [1.54, 1.807) is 13.2 Å². The summed E-state index contributed by atoms with van der Waals surface area (Å²) >= 11 is 0. The average Bonchev–Trinajstić information content (AvgIpc) is 3.04. The molecule has 2 aromatic rings. The summed E-state index contributed by atoms with van der Waals surface area (Å²) < 4.78 is 12.0. The highest BCUT2D eigenvalue weighted by atomic mass is 16.5. The number of benzene rings is 2. The van der Waals surface area contributed by atoms with Crippen LogP contribution in [0.4, 0.5) is 0 Å². The van der Waals surface area contributed by atoms with Gasteiger partial charge in [0.2, 0.25) is 0 Å². The van der Waals surface area contributed by atoms with Gasteiger partial charge in [-0.05, 0) is 91.3 Å². The molecule has 3 atom stereocenters. The molecular formula is C32H39NO4. The normalized spacial score (nSPS) is 20.2. The number of rotatable bonds is 8. The summed E-state index contributed by atoms with van der Waals surface area (Å²) in [5.74, 6) is 1.64. The first-order chi connectivity index (χ1) is 17.9. The smallest absolute Gasteiger partial charge is 0.255 e. The molecule has 0 spiro atoms. The van der Waals surface area contributed by atoms with E-state index in [9.17, 15) is 9.59 Å². The number of carbonyl (C=O) groups excluding carboxylic acids is 2. The van der Waals surface area contributed by atoms with Crippen LogP contribution in [0, 0.1) is 11.8 Å². The fraction of sp³-hybridized carbons (Fsp3) is 0.438. The quantitative estimate of drug-likeness (QED) is 0.422. The lowest BCUT2D eigenvalue weighted by atomic mass is 9.81. The molecule has 5 nitrogen and oxygen atoms in total. The molecule has 5 heteroatoms. The molecule has 4 rings (SSSR count). The third kappa shape index (κ3) is 6.33. The van der Waals surface area contributed by atoms with Crippen LogP contribution in [0.5, 0.6) is 11.5 Å². The van der Waals surface area contributed by atoms with Gasteiger partial charge in [0.05, 0.1) is 12.7 Å². The Hall–Kier alpha value is -3.34. The molecule has 37 heavy (non-hydrogen) atoms. The van der Waals surface area contributed by atoms with E-state index in [1.807, 2.05) is 56.3 Å². The van der Waals surface area contributed by atoms with Crippen molar-refractivity contribution in [3.8, 4) is 11.5 Å². The Morgan fingerprint density at radius 1 is 1.14 bits per heavy atom. The monoisotopic (exact) mass is 501 g/mol. The summed E-state index contributed by atoms with van der Waals surface area (Å²) in [6, 6.07) is 14.2. The number of nitrogens with one attached hydrogen (secondary N) is 1. The molecular weight excluding hydrogens is 462 g/mol. The van der Waals surface area contributed by atoms with Crippen molar-refractivity contribution in [2.45, 2.75) is 71.9 Å². The second-order valence-corrected chi connectivity index (χ2v) is 10.3. The highest BCUT2D eigenvalue weighted by Gasteiger charge is 2.31. The summed E-state index contributed by atoms with van der Waals surface area (Å²) in [6.07, 6.45) is 9.00. The van der Waals surface area contributed by atoms with E-state index in [-0.39, 0.29) is 29.2 Å². The minimum absolute atomic E-state index is 0.0227. The van der Waals surface area contributed by atoms with E-state index in [0.29, 0.717) is 30.4 Å². The lowest BCUT2D eigenvalue weighted by Gasteiger charge is -2.23. The maximum absolute atomic E-state index is 13.4. The van der Waals surface area contributed by atoms with Gasteiger partial charge in [-0.1, -0.05) is 56.7 Å². The Morgan fingerprint density at radius 3 is 2.62 bits per heavy atom. The van der Waals surface area contributed by atoms with Crippen molar-refractivity contribution in [1.29, 1.82) is 0 Å². The predicted molar refractivity (Wildman–Crippen MR) is 148 cm³/mol. The lowest BCUT2D eigenvalue weighted by Crippen LogP contribution is -2.35. The molecule has 0 bridgehead atoms. The number of ether oxygens (including phenoxy) is 2. The van der Waals surface area contributed by atoms with Crippen molar-refractivity contribution in [3.63, 3.8) is 0 Å². The van der Waals surface area contributed by atoms with Crippen LogP contribution in [0.3, 0.4) is 0 Å². The fourth-order valence-corrected chi connectivity index (χ4v) is 5.33. The minimum Gasteiger partial charge on any atom is -0.493 e. The first-order valence-electron chi connectivity index (χ1n) is 13.6. The predicted octanol–water partition coefficient (Wildman–Crippen LogP) is 6.45. The summed E-state index contributed by atoms with van der Waals surface area (Å²) in [5.41, 5.74) is 4.58. The molecule has 0 aliphatic heterocycles. The molecule has 0 saturated heterocycles. The molecule has 2 aromatic carbocycles. The van der Waals surface area contributed by atoms with Gasteiger partial charge >= 0.3 is 0 Å². The number of fused-ring (bicyclic) bond motifs is 3. The van der Waals surface area contributed by atoms with Crippen LogP contribution >= 0.6 is 0 Å². The number of allylic oxidation sites excluding steroid dienone is 3. The zero-order valence-electron chi connectivity index (χ0n) is 22.5. The summed E-state index contributed by atoms with van der Waals surface area (Å²) in [5, 5.41) is 2.96. The number of amides is 1. The highest BCUT2D eigenvalue weighted by Crippen LogP contribution is 2.44. The van der Waals surface area contributed by atoms with Crippen LogP contribution in [0.2, 0.25) is 0 Å². The second kappa shape index (κ2) is 12.3. The molecule has 1 amide bonds. The van der Waals surface area contributed by atoms with Crippen molar-refractivity contribution in [3.05, 3.63) is 76.9 Å². The van der Waals surface area contributed by atoms with Gasteiger partial charge < -0.3 is 14.8 Å². The average molecular weight is 502 g/mol. The van der Waals surface area contributed by atoms with Crippen molar-refractivity contribution in [2.24, 2.45) is 11.8 Å². The summed E-state index contributed by atoms with van der Waals surface area (Å²) in [6.45, 7) is 6.66. The van der Waals surface area contributed by atoms with Gasteiger partial charge in [-0.2, -0.15) is 0 Å². The molecule has 0 radical (unpaired) electrons. The van der Waals surface area contributed by atoms with Gasteiger partial charge in [0.1, 0.15) is 6.61 Å². The number of hydrogen-bond donors (Lipinski definition) is 1. The minimum atomic E-state index is -0.280. The molecule has 196 valence electrons. The number of hydrogen-bond acceptors (Lipinski definition) is 4. The summed E-state index contributed by atoms with van der Waals surface area (Å²) in [7, 11) is 1.65. The zero-order valence-corrected chi connectivity index (χ0v) is 22.5. The molecule has 3 unspecified atom stereocenters. The van der Waals surface area contributed by atoms with Crippen molar-refractivity contribution < 1.29 is 19.1 Å². The van der Waals surface area contributed by atoms with E-state index in [0.717, 1.165) is 48.8 Å². The Labute approximate surface area is 220 Å². The van der Waals surface area contributed by atoms with Crippen molar-refractivity contribution in [2.75, 3.05) is 7.11 Å². The van der Waals surface area contributed by atoms with Crippen LogP contribution in [0.25, 0.3) is 5.57 Å². The molecule has 0 heterocycles. The van der Waals surface area contributed by atoms with Gasteiger partial charge in [0, 0.05) is 6.04 Å². The Morgan fingerprint density at radius 2 is 1.92 bits per heavy atom. The van der Waals surface area contributed by atoms with Crippen LogP contribution in [-0.4, -0.2) is 24.8 Å². The molecule has 0 fully saturated rings. The third-order valence-electron chi connectivity index (χ3n) is 7.73. The lowest BCUT2D eigenvalue weighted by molar-refractivity contribution is -0.121. The van der Waals surface area contributed by atoms with E-state index >= 15 is 0 Å². The first kappa shape index (κ1) is 26.7. The van der Waals surface area contributed by atoms with Crippen molar-refractivity contribution in [1.82, 2.24) is 5.32 Å². The van der Waals surface area contributed by atoms with E-state index in [1.165, 1.54) is 5.56 Å². The number of ketones is 1. The van der Waals surface area contributed by atoms with E-state index in [2.05, 4.69) is 18.3 Å².